The zero-order chi connectivity index (χ0) is 35.0. The van der Waals surface area contributed by atoms with Gasteiger partial charge in [-0.1, -0.05) is 12.1 Å². The first kappa shape index (κ1) is 34.3. The average molecular weight is 704 g/mol. The van der Waals surface area contributed by atoms with Gasteiger partial charge in [-0.05, 0) is 87.7 Å². The molecule has 0 bridgehead atoms. The number of anilines is 2. The molecule has 4 aromatic heterocycles. The molecule has 0 unspecified atom stereocenters. The molecule has 0 radical (unpaired) electrons. The standard InChI is InChI=1S/C35H41N7O5S2/c1-5-48(44,45)39-29-21-25(26-22-30(34(43)40(4)24-26)38-27-13-18-41(19-14-27)49(46,47)6-2)23-31-28(29)15-20-42(31)35(3,32-11-7-9-16-36-32)33-12-8-10-17-37-33/h7-12,15-17,20-24,27,38-39H,5-6,13-14,18-19H2,1-4H3. The van der Waals surface area contributed by atoms with Crippen molar-refractivity contribution in [2.24, 2.45) is 7.05 Å². The van der Waals surface area contributed by atoms with Crippen LogP contribution >= 0.6 is 0 Å². The van der Waals surface area contributed by atoms with Crippen molar-refractivity contribution in [1.29, 1.82) is 0 Å². The Balaban J connectivity index is 1.48. The van der Waals surface area contributed by atoms with Crippen LogP contribution in [-0.2, 0) is 32.6 Å². The van der Waals surface area contributed by atoms with Crippen molar-refractivity contribution in [3.8, 4) is 11.1 Å². The third kappa shape index (κ3) is 6.72. The summed E-state index contributed by atoms with van der Waals surface area (Å²) in [4.78, 5) is 22.8. The Bertz CT molecular complexity index is 2210. The molecule has 1 aromatic carbocycles. The number of rotatable bonds is 11. The molecule has 0 saturated carbocycles. The largest absolute Gasteiger partial charge is 0.378 e. The van der Waals surface area contributed by atoms with Crippen molar-refractivity contribution in [2.75, 3.05) is 34.6 Å². The van der Waals surface area contributed by atoms with Gasteiger partial charge in [-0.15, -0.1) is 0 Å². The molecular formula is C35H41N7O5S2. The van der Waals surface area contributed by atoms with E-state index in [4.69, 9.17) is 9.97 Å². The van der Waals surface area contributed by atoms with Crippen LogP contribution in [0.2, 0.25) is 0 Å². The van der Waals surface area contributed by atoms with Crippen LogP contribution in [-0.4, -0.2) is 70.9 Å². The molecule has 0 aliphatic carbocycles. The van der Waals surface area contributed by atoms with Crippen molar-refractivity contribution < 1.29 is 16.8 Å². The molecule has 0 spiro atoms. The number of hydrogen-bond donors (Lipinski definition) is 2. The van der Waals surface area contributed by atoms with Crippen molar-refractivity contribution in [3.63, 3.8) is 0 Å². The third-order valence-corrected chi connectivity index (χ3v) is 12.5. The summed E-state index contributed by atoms with van der Waals surface area (Å²) >= 11 is 0. The summed E-state index contributed by atoms with van der Waals surface area (Å²) in [6.45, 7) is 6.02. The Labute approximate surface area is 286 Å². The first-order valence-corrected chi connectivity index (χ1v) is 19.6. The molecule has 5 aromatic rings. The SMILES string of the molecule is CCS(=O)(=O)Nc1cc(-c2cc(NC3CCN(S(=O)(=O)CC)CC3)c(=O)n(C)c2)cc2c1ccn2C(C)(c1ccccn1)c1ccccn1. The molecule has 14 heteroatoms. The van der Waals surface area contributed by atoms with Gasteiger partial charge in [0.25, 0.3) is 5.56 Å². The predicted octanol–water partition coefficient (Wildman–Crippen LogP) is 4.60. The van der Waals surface area contributed by atoms with E-state index in [-0.39, 0.29) is 23.1 Å². The molecule has 1 saturated heterocycles. The topological polar surface area (TPSA) is 148 Å². The van der Waals surface area contributed by atoms with Crippen LogP contribution in [0, 0.1) is 0 Å². The first-order chi connectivity index (χ1) is 23.4. The summed E-state index contributed by atoms with van der Waals surface area (Å²) in [5, 5.41) is 4.07. The second kappa shape index (κ2) is 13.4. The lowest BCUT2D eigenvalue weighted by Crippen LogP contribution is -2.43. The number of nitrogens with one attached hydrogen (secondary N) is 2. The molecule has 1 aliphatic heterocycles. The molecule has 0 amide bonds. The summed E-state index contributed by atoms with van der Waals surface area (Å²) < 4.78 is 58.5. The number of sulfonamides is 2. The Morgan fingerprint density at radius 3 is 2.06 bits per heavy atom. The highest BCUT2D eigenvalue weighted by Gasteiger charge is 2.35. The minimum Gasteiger partial charge on any atom is -0.378 e. The fraction of sp³-hybridized carbons (Fsp3) is 0.343. The van der Waals surface area contributed by atoms with Gasteiger partial charge in [0.1, 0.15) is 11.2 Å². The number of pyridine rings is 3. The quantitative estimate of drug-likeness (QED) is 0.203. The van der Waals surface area contributed by atoms with Crippen molar-refractivity contribution >= 4 is 42.3 Å². The van der Waals surface area contributed by atoms with Gasteiger partial charge in [0.2, 0.25) is 20.0 Å². The molecule has 49 heavy (non-hydrogen) atoms. The summed E-state index contributed by atoms with van der Waals surface area (Å²) in [6, 6.07) is 18.8. The van der Waals surface area contributed by atoms with E-state index in [0.29, 0.717) is 53.8 Å². The lowest BCUT2D eigenvalue weighted by atomic mass is 9.91. The Hall–Kier alpha value is -4.53. The Morgan fingerprint density at radius 1 is 0.857 bits per heavy atom. The minimum absolute atomic E-state index is 0.0562. The van der Waals surface area contributed by atoms with Crippen LogP contribution in [0.1, 0.15) is 45.0 Å². The molecule has 12 nitrogen and oxygen atoms in total. The smallest absolute Gasteiger partial charge is 0.273 e. The summed E-state index contributed by atoms with van der Waals surface area (Å²) in [7, 11) is -5.25. The van der Waals surface area contributed by atoms with Gasteiger partial charge in [0.05, 0.1) is 34.1 Å². The fourth-order valence-corrected chi connectivity index (χ4v) is 8.24. The van der Waals surface area contributed by atoms with E-state index in [0.717, 1.165) is 16.9 Å². The number of benzene rings is 1. The van der Waals surface area contributed by atoms with Crippen LogP contribution in [0.25, 0.3) is 22.0 Å². The van der Waals surface area contributed by atoms with Gasteiger partial charge in [0.15, 0.2) is 0 Å². The van der Waals surface area contributed by atoms with Crippen LogP contribution in [0.4, 0.5) is 11.4 Å². The molecule has 0 atom stereocenters. The van der Waals surface area contributed by atoms with Gasteiger partial charge in [-0.3, -0.25) is 19.5 Å². The van der Waals surface area contributed by atoms with Gasteiger partial charge in [-0.2, -0.15) is 0 Å². The summed E-state index contributed by atoms with van der Waals surface area (Å²) in [5.41, 5.74) is 3.31. The highest BCUT2D eigenvalue weighted by atomic mass is 32.2. The number of fused-ring (bicyclic) bond motifs is 1. The third-order valence-electron chi connectivity index (χ3n) is 9.35. The van der Waals surface area contributed by atoms with Crippen LogP contribution in [0.15, 0.2) is 90.2 Å². The van der Waals surface area contributed by atoms with E-state index >= 15 is 0 Å². The number of aryl methyl sites for hydroxylation is 1. The van der Waals surface area contributed by atoms with Crippen LogP contribution < -0.4 is 15.6 Å². The lowest BCUT2D eigenvalue weighted by Gasteiger charge is -2.32. The van der Waals surface area contributed by atoms with Gasteiger partial charge in [-0.25, -0.2) is 21.1 Å². The number of nitrogens with zero attached hydrogens (tertiary/aromatic N) is 5. The fourth-order valence-electron chi connectivity index (χ4n) is 6.46. The molecule has 6 rings (SSSR count). The van der Waals surface area contributed by atoms with E-state index in [1.54, 1.807) is 51.6 Å². The molecule has 258 valence electrons. The van der Waals surface area contributed by atoms with E-state index in [9.17, 15) is 21.6 Å². The second-order valence-electron chi connectivity index (χ2n) is 12.4. The predicted molar refractivity (Wildman–Crippen MR) is 194 cm³/mol. The van der Waals surface area contributed by atoms with E-state index < -0.39 is 25.6 Å². The summed E-state index contributed by atoms with van der Waals surface area (Å²) in [6.07, 6.45) is 8.25. The maximum Gasteiger partial charge on any atom is 0.273 e. The maximum absolute atomic E-state index is 13.3. The van der Waals surface area contributed by atoms with Crippen LogP contribution in [0.5, 0.6) is 0 Å². The van der Waals surface area contributed by atoms with Crippen LogP contribution in [0.3, 0.4) is 0 Å². The van der Waals surface area contributed by atoms with Gasteiger partial charge in [0, 0.05) is 61.9 Å². The minimum atomic E-state index is -3.65. The molecule has 5 heterocycles. The van der Waals surface area contributed by atoms with Crippen molar-refractivity contribution in [2.45, 2.75) is 45.2 Å². The lowest BCUT2D eigenvalue weighted by molar-refractivity contribution is 0.330. The van der Waals surface area contributed by atoms with Gasteiger partial charge >= 0.3 is 0 Å². The normalized spacial score (nSPS) is 15.0. The zero-order valence-electron chi connectivity index (χ0n) is 28.0. The highest BCUT2D eigenvalue weighted by molar-refractivity contribution is 7.92. The Kier molecular flexibility index (Phi) is 9.40. The van der Waals surface area contributed by atoms with E-state index in [1.165, 1.54) is 8.87 Å². The summed E-state index contributed by atoms with van der Waals surface area (Å²) in [5.74, 6) is -0.0496. The van der Waals surface area contributed by atoms with Crippen molar-refractivity contribution in [3.05, 3.63) is 107 Å². The van der Waals surface area contributed by atoms with Gasteiger partial charge < -0.3 is 14.5 Å². The first-order valence-electron chi connectivity index (χ1n) is 16.3. The van der Waals surface area contributed by atoms with E-state index in [2.05, 4.69) is 14.6 Å². The van der Waals surface area contributed by atoms with E-state index in [1.807, 2.05) is 61.7 Å². The maximum atomic E-state index is 13.3. The molecule has 2 N–H and O–H groups in total. The number of piperidine rings is 1. The highest BCUT2D eigenvalue weighted by Crippen LogP contribution is 2.39. The average Bonchev–Trinajstić information content (AvgIpc) is 3.56. The monoisotopic (exact) mass is 703 g/mol. The second-order valence-corrected chi connectivity index (χ2v) is 16.7. The number of hydrogen-bond acceptors (Lipinski definition) is 8. The molecule has 1 aliphatic rings. The zero-order valence-corrected chi connectivity index (χ0v) is 29.6. The molecule has 1 fully saturated rings. The Morgan fingerprint density at radius 2 is 1.49 bits per heavy atom. The molecular weight excluding hydrogens is 663 g/mol. The number of aromatic nitrogens is 4. The van der Waals surface area contributed by atoms with Crippen molar-refractivity contribution in [1.82, 2.24) is 23.4 Å².